The molecule has 0 saturated carbocycles. The lowest BCUT2D eigenvalue weighted by molar-refractivity contribution is -0.139. The SMILES string of the molecule is CNC(=O)[C@H](Cc1ccccc1)N(Cc1ccc(Cl)c(Cl)c1)C(=O)CN(c1ccc(C)c(C)c1)S(=O)(=O)c1ccccc1. The third kappa shape index (κ3) is 7.76. The monoisotopic (exact) mass is 637 g/mol. The number of nitrogens with zero attached hydrogens (tertiary/aromatic N) is 2. The first-order valence-electron chi connectivity index (χ1n) is 13.6. The van der Waals surface area contributed by atoms with Gasteiger partial charge in [-0.15, -0.1) is 0 Å². The van der Waals surface area contributed by atoms with E-state index in [1.165, 1.54) is 24.1 Å². The van der Waals surface area contributed by atoms with Crippen LogP contribution in [0.3, 0.4) is 0 Å². The molecule has 0 fully saturated rings. The molecule has 10 heteroatoms. The van der Waals surface area contributed by atoms with E-state index in [-0.39, 0.29) is 23.8 Å². The van der Waals surface area contributed by atoms with Crippen LogP contribution in [0, 0.1) is 13.8 Å². The molecule has 4 rings (SSSR count). The minimum atomic E-state index is -4.16. The highest BCUT2D eigenvalue weighted by atomic mass is 35.5. The van der Waals surface area contributed by atoms with Crippen molar-refractivity contribution in [2.24, 2.45) is 0 Å². The molecule has 0 heterocycles. The summed E-state index contributed by atoms with van der Waals surface area (Å²) in [5.41, 5.74) is 3.67. The molecule has 224 valence electrons. The summed E-state index contributed by atoms with van der Waals surface area (Å²) in [6.07, 6.45) is 0.211. The topological polar surface area (TPSA) is 86.8 Å². The second-order valence-corrected chi connectivity index (χ2v) is 12.9. The summed E-state index contributed by atoms with van der Waals surface area (Å²) in [5, 5.41) is 3.32. The largest absolute Gasteiger partial charge is 0.357 e. The van der Waals surface area contributed by atoms with Crippen molar-refractivity contribution in [3.05, 3.63) is 129 Å². The zero-order valence-electron chi connectivity index (χ0n) is 24.1. The van der Waals surface area contributed by atoms with Gasteiger partial charge in [-0.25, -0.2) is 8.42 Å². The minimum Gasteiger partial charge on any atom is -0.357 e. The molecule has 0 aliphatic heterocycles. The highest BCUT2D eigenvalue weighted by Gasteiger charge is 2.34. The van der Waals surface area contributed by atoms with Crippen molar-refractivity contribution in [1.82, 2.24) is 10.2 Å². The van der Waals surface area contributed by atoms with Crippen LogP contribution in [0.1, 0.15) is 22.3 Å². The molecule has 0 aliphatic rings. The Morgan fingerprint density at radius 2 is 1.44 bits per heavy atom. The van der Waals surface area contributed by atoms with E-state index in [9.17, 15) is 18.0 Å². The molecule has 43 heavy (non-hydrogen) atoms. The number of likely N-dealkylation sites (N-methyl/N-ethyl adjacent to an activating group) is 1. The summed E-state index contributed by atoms with van der Waals surface area (Å²) in [5.74, 6) is -0.950. The second kappa shape index (κ2) is 14.1. The van der Waals surface area contributed by atoms with Crippen LogP contribution in [-0.2, 0) is 32.6 Å². The number of sulfonamides is 1. The molecule has 0 aromatic heterocycles. The standard InChI is InChI=1S/C33H33Cl2N3O4S/c1-23-14-16-27(18-24(23)2)38(43(41,42)28-12-8-5-9-13-28)22-32(39)37(21-26-15-17-29(34)30(35)19-26)31(33(40)36-3)20-25-10-6-4-7-11-25/h4-19,31H,20-22H2,1-3H3,(H,36,40)/t31-/m0/s1. The molecule has 0 spiro atoms. The van der Waals surface area contributed by atoms with Gasteiger partial charge in [-0.05, 0) is 72.5 Å². The molecule has 4 aromatic carbocycles. The third-order valence-electron chi connectivity index (χ3n) is 7.24. The molecule has 7 nitrogen and oxygen atoms in total. The normalized spacial score (nSPS) is 11.9. The van der Waals surface area contributed by atoms with Gasteiger partial charge in [0.05, 0.1) is 20.6 Å². The van der Waals surface area contributed by atoms with E-state index in [1.807, 2.05) is 50.2 Å². The Kier molecular flexibility index (Phi) is 10.5. The number of benzene rings is 4. The number of aryl methyl sites for hydroxylation is 2. The Morgan fingerprint density at radius 1 is 0.791 bits per heavy atom. The Balaban J connectivity index is 1.81. The molecule has 0 unspecified atom stereocenters. The Bertz CT molecular complexity index is 1700. The van der Waals surface area contributed by atoms with Crippen LogP contribution >= 0.6 is 23.2 Å². The fourth-order valence-corrected chi connectivity index (χ4v) is 6.43. The first-order chi connectivity index (χ1) is 20.5. The van der Waals surface area contributed by atoms with E-state index in [4.69, 9.17) is 23.2 Å². The highest BCUT2D eigenvalue weighted by Crippen LogP contribution is 2.28. The number of amides is 2. The summed E-state index contributed by atoms with van der Waals surface area (Å²) in [6.45, 7) is 3.26. The lowest BCUT2D eigenvalue weighted by Gasteiger charge is -2.33. The molecule has 0 bridgehead atoms. The molecular formula is C33H33Cl2N3O4S. The summed E-state index contributed by atoms with van der Waals surface area (Å²) in [6, 6.07) is 26.6. The molecule has 1 atom stereocenters. The molecular weight excluding hydrogens is 605 g/mol. The average Bonchev–Trinajstić information content (AvgIpc) is 3.01. The maximum atomic E-state index is 14.3. The molecule has 4 aromatic rings. The lowest BCUT2D eigenvalue weighted by Crippen LogP contribution is -2.53. The molecule has 2 amide bonds. The molecule has 0 radical (unpaired) electrons. The van der Waals surface area contributed by atoms with Gasteiger partial charge in [0, 0.05) is 20.0 Å². The summed E-state index contributed by atoms with van der Waals surface area (Å²) >= 11 is 12.4. The fraction of sp³-hybridized carbons (Fsp3) is 0.212. The van der Waals surface area contributed by atoms with Crippen LogP contribution in [0.2, 0.25) is 10.0 Å². The zero-order chi connectivity index (χ0) is 31.1. The first kappa shape index (κ1) is 32.1. The van der Waals surface area contributed by atoms with Crippen LogP contribution in [0.4, 0.5) is 5.69 Å². The number of carbonyl (C=O) groups excluding carboxylic acids is 2. The van der Waals surface area contributed by atoms with Crippen molar-refractivity contribution in [3.8, 4) is 0 Å². The predicted octanol–water partition coefficient (Wildman–Crippen LogP) is 6.19. The van der Waals surface area contributed by atoms with Crippen molar-refractivity contribution in [3.63, 3.8) is 0 Å². The number of anilines is 1. The van der Waals surface area contributed by atoms with Crippen LogP contribution in [-0.4, -0.2) is 44.8 Å². The van der Waals surface area contributed by atoms with Gasteiger partial charge < -0.3 is 10.2 Å². The van der Waals surface area contributed by atoms with Crippen molar-refractivity contribution >= 4 is 50.7 Å². The highest BCUT2D eigenvalue weighted by molar-refractivity contribution is 7.92. The number of hydrogen-bond donors (Lipinski definition) is 1. The number of halogens is 2. The summed E-state index contributed by atoms with van der Waals surface area (Å²) in [4.78, 5) is 29.1. The number of hydrogen-bond acceptors (Lipinski definition) is 4. The van der Waals surface area contributed by atoms with E-state index in [2.05, 4.69) is 5.32 Å². The fourth-order valence-electron chi connectivity index (χ4n) is 4.68. The average molecular weight is 639 g/mol. The Hall–Kier alpha value is -3.85. The van der Waals surface area contributed by atoms with Gasteiger partial charge in [0.2, 0.25) is 11.8 Å². The summed E-state index contributed by atoms with van der Waals surface area (Å²) in [7, 11) is -2.66. The smallest absolute Gasteiger partial charge is 0.264 e. The third-order valence-corrected chi connectivity index (χ3v) is 9.77. The second-order valence-electron chi connectivity index (χ2n) is 10.2. The maximum absolute atomic E-state index is 14.3. The minimum absolute atomic E-state index is 0.00715. The van der Waals surface area contributed by atoms with Crippen molar-refractivity contribution in [2.45, 2.75) is 37.8 Å². The van der Waals surface area contributed by atoms with Crippen LogP contribution < -0.4 is 9.62 Å². The maximum Gasteiger partial charge on any atom is 0.264 e. The van der Waals surface area contributed by atoms with E-state index in [0.717, 1.165) is 21.0 Å². The van der Waals surface area contributed by atoms with Gasteiger partial charge in [0.1, 0.15) is 12.6 Å². The lowest BCUT2D eigenvalue weighted by atomic mass is 10.0. The van der Waals surface area contributed by atoms with E-state index in [1.54, 1.807) is 48.5 Å². The van der Waals surface area contributed by atoms with Crippen molar-refractivity contribution < 1.29 is 18.0 Å². The zero-order valence-corrected chi connectivity index (χ0v) is 26.5. The van der Waals surface area contributed by atoms with E-state index in [0.29, 0.717) is 21.3 Å². The Morgan fingerprint density at radius 3 is 2.05 bits per heavy atom. The summed E-state index contributed by atoms with van der Waals surface area (Å²) < 4.78 is 29.1. The van der Waals surface area contributed by atoms with Gasteiger partial charge in [0.15, 0.2) is 0 Å². The number of rotatable bonds is 11. The predicted molar refractivity (Wildman–Crippen MR) is 172 cm³/mol. The first-order valence-corrected chi connectivity index (χ1v) is 15.8. The number of carbonyl (C=O) groups is 2. The van der Waals surface area contributed by atoms with Crippen LogP contribution in [0.25, 0.3) is 0 Å². The van der Waals surface area contributed by atoms with Crippen molar-refractivity contribution in [1.29, 1.82) is 0 Å². The molecule has 1 N–H and O–H groups in total. The van der Waals surface area contributed by atoms with Crippen LogP contribution in [0.5, 0.6) is 0 Å². The van der Waals surface area contributed by atoms with E-state index >= 15 is 0 Å². The van der Waals surface area contributed by atoms with Gasteiger partial charge in [-0.2, -0.15) is 0 Å². The van der Waals surface area contributed by atoms with Crippen molar-refractivity contribution in [2.75, 3.05) is 17.9 Å². The van der Waals surface area contributed by atoms with Gasteiger partial charge >= 0.3 is 0 Å². The van der Waals surface area contributed by atoms with Crippen LogP contribution in [0.15, 0.2) is 102 Å². The van der Waals surface area contributed by atoms with Gasteiger partial charge in [-0.3, -0.25) is 13.9 Å². The quantitative estimate of drug-likeness (QED) is 0.212. The van der Waals surface area contributed by atoms with Gasteiger partial charge in [0.25, 0.3) is 10.0 Å². The van der Waals surface area contributed by atoms with E-state index < -0.39 is 28.5 Å². The Labute approximate surface area is 263 Å². The molecule has 0 aliphatic carbocycles. The van der Waals surface area contributed by atoms with Gasteiger partial charge in [-0.1, -0.05) is 83.9 Å². The molecule has 0 saturated heterocycles. The number of nitrogens with one attached hydrogen (secondary N) is 1.